The Kier molecular flexibility index (Phi) is 5.29. The summed E-state index contributed by atoms with van der Waals surface area (Å²) in [5.41, 5.74) is 7.53. The number of fused-ring (bicyclic) bond motifs is 1. The minimum absolute atomic E-state index is 0.174. The number of dihydropyridines is 1. The maximum Gasteiger partial charge on any atom is 0.154 e. The number of halogens is 1. The van der Waals surface area contributed by atoms with Gasteiger partial charge in [-0.2, -0.15) is 0 Å². The first-order chi connectivity index (χ1) is 14.0. The third kappa shape index (κ3) is 3.49. The molecule has 4 rings (SSSR count). The topological polar surface area (TPSA) is 26.2 Å². The van der Waals surface area contributed by atoms with Crippen LogP contribution in [0.5, 0.6) is 0 Å². The monoisotopic (exact) mass is 390 g/mol. The van der Waals surface area contributed by atoms with Gasteiger partial charge in [0.1, 0.15) is 5.82 Å². The summed E-state index contributed by atoms with van der Waals surface area (Å²) in [6.45, 7) is 6.80. The number of hydrogen-bond acceptors (Lipinski definition) is 2. The third-order valence-corrected chi connectivity index (χ3v) is 5.76. The van der Waals surface area contributed by atoms with Crippen LogP contribution in [0.1, 0.15) is 36.2 Å². The second kappa shape index (κ2) is 7.88. The number of benzene rings is 2. The first-order valence-corrected chi connectivity index (χ1v) is 10.1. The van der Waals surface area contributed by atoms with E-state index in [4.69, 9.17) is 4.74 Å². The van der Waals surface area contributed by atoms with Crippen molar-refractivity contribution in [1.29, 1.82) is 0 Å². The van der Waals surface area contributed by atoms with Crippen molar-refractivity contribution in [1.82, 2.24) is 9.88 Å². The zero-order valence-corrected chi connectivity index (χ0v) is 17.4. The number of allylic oxidation sites excluding steroid dienone is 3. The minimum Gasteiger partial charge on any atom is -0.360 e. The molecule has 3 aromatic rings. The molecule has 2 heterocycles. The molecule has 150 valence electrons. The fourth-order valence-electron chi connectivity index (χ4n) is 4.15. The molecule has 0 saturated heterocycles. The average Bonchev–Trinajstić information content (AvgIpc) is 3.00. The molecule has 1 aliphatic heterocycles. The van der Waals surface area contributed by atoms with Crippen LogP contribution in [-0.4, -0.2) is 17.9 Å². The molecular weight excluding hydrogens is 363 g/mol. The first-order valence-electron chi connectivity index (χ1n) is 10.1. The maximum atomic E-state index is 14.4. The van der Waals surface area contributed by atoms with Crippen molar-refractivity contribution in [3.63, 3.8) is 0 Å². The molecule has 0 aliphatic carbocycles. The lowest BCUT2D eigenvalue weighted by atomic mass is 9.97. The van der Waals surface area contributed by atoms with Crippen molar-refractivity contribution in [2.75, 3.05) is 7.11 Å². The van der Waals surface area contributed by atoms with Crippen LogP contribution in [0.15, 0.2) is 60.3 Å². The Morgan fingerprint density at radius 1 is 1.10 bits per heavy atom. The van der Waals surface area contributed by atoms with Crippen LogP contribution in [0.2, 0.25) is 0 Å². The lowest BCUT2D eigenvalue weighted by molar-refractivity contribution is 0.128. The zero-order valence-electron chi connectivity index (χ0n) is 17.4. The summed E-state index contributed by atoms with van der Waals surface area (Å²) in [6, 6.07) is 13.6. The second-order valence-corrected chi connectivity index (χ2v) is 7.57. The van der Waals surface area contributed by atoms with E-state index in [0.29, 0.717) is 12.1 Å². The van der Waals surface area contributed by atoms with Gasteiger partial charge in [-0.05, 0) is 50.1 Å². The van der Waals surface area contributed by atoms with E-state index in [1.165, 1.54) is 17.0 Å². The van der Waals surface area contributed by atoms with Gasteiger partial charge in [0.05, 0.1) is 6.54 Å². The van der Waals surface area contributed by atoms with Gasteiger partial charge in [-0.3, -0.25) is 0 Å². The van der Waals surface area contributed by atoms with E-state index in [1.54, 1.807) is 13.2 Å². The standard InChI is InChI=1S/C25H27FN2O/c1-5-18-11-13-23-21(14-18)24(20-12-10-16(2)27-25(20)29-4)17(3)28(23)15-19-8-6-7-9-22(19)26/h6-14,25,27H,5,15H2,1-4H3. The second-order valence-electron chi connectivity index (χ2n) is 7.57. The Morgan fingerprint density at radius 3 is 2.62 bits per heavy atom. The van der Waals surface area contributed by atoms with E-state index in [-0.39, 0.29) is 12.0 Å². The number of nitrogens with one attached hydrogen (secondary N) is 1. The molecule has 0 bridgehead atoms. The van der Waals surface area contributed by atoms with E-state index in [1.807, 2.05) is 19.1 Å². The van der Waals surface area contributed by atoms with Crippen molar-refractivity contribution in [3.8, 4) is 0 Å². The lowest BCUT2D eigenvalue weighted by Crippen LogP contribution is -2.32. The van der Waals surface area contributed by atoms with Gasteiger partial charge in [0.25, 0.3) is 0 Å². The predicted octanol–water partition coefficient (Wildman–Crippen LogP) is 5.56. The molecule has 0 saturated carbocycles. The molecule has 4 heteroatoms. The first kappa shape index (κ1) is 19.5. The molecule has 1 aliphatic rings. The molecule has 2 aromatic carbocycles. The van der Waals surface area contributed by atoms with Gasteiger partial charge < -0.3 is 14.6 Å². The molecule has 0 radical (unpaired) electrons. The zero-order chi connectivity index (χ0) is 20.5. The Bertz CT molecular complexity index is 1120. The highest BCUT2D eigenvalue weighted by Gasteiger charge is 2.25. The summed E-state index contributed by atoms with van der Waals surface area (Å²) in [5.74, 6) is -0.174. The van der Waals surface area contributed by atoms with Gasteiger partial charge in [-0.1, -0.05) is 37.3 Å². The predicted molar refractivity (Wildman–Crippen MR) is 117 cm³/mol. The van der Waals surface area contributed by atoms with Crippen LogP contribution in [0.4, 0.5) is 4.39 Å². The maximum absolute atomic E-state index is 14.4. The van der Waals surface area contributed by atoms with Crippen LogP contribution in [0.3, 0.4) is 0 Å². The Labute approximate surface area is 171 Å². The molecule has 0 fully saturated rings. The molecule has 1 atom stereocenters. The SMILES string of the molecule is CCc1ccc2c(c1)c(C1=CC=C(C)NC1OC)c(C)n2Cc1ccccc1F. The van der Waals surface area contributed by atoms with Crippen molar-refractivity contribution in [2.24, 2.45) is 0 Å². The molecule has 1 N–H and O–H groups in total. The molecule has 29 heavy (non-hydrogen) atoms. The van der Waals surface area contributed by atoms with Gasteiger partial charge in [0, 0.05) is 46.1 Å². The minimum atomic E-state index is -0.212. The smallest absolute Gasteiger partial charge is 0.154 e. The van der Waals surface area contributed by atoms with Crippen molar-refractivity contribution >= 4 is 16.5 Å². The highest BCUT2D eigenvalue weighted by Crippen LogP contribution is 2.36. The van der Waals surface area contributed by atoms with E-state index in [0.717, 1.165) is 34.5 Å². The number of hydrogen-bond donors (Lipinski definition) is 1. The molecular formula is C25H27FN2O. The summed E-state index contributed by atoms with van der Waals surface area (Å²) in [5, 5.41) is 4.59. The number of rotatable bonds is 5. The summed E-state index contributed by atoms with van der Waals surface area (Å²) in [6.07, 6.45) is 4.97. The highest BCUT2D eigenvalue weighted by atomic mass is 19.1. The summed E-state index contributed by atoms with van der Waals surface area (Å²) >= 11 is 0. The van der Waals surface area contributed by atoms with Crippen molar-refractivity contribution in [3.05, 3.63) is 88.5 Å². The highest BCUT2D eigenvalue weighted by molar-refractivity contribution is 5.96. The van der Waals surface area contributed by atoms with Crippen LogP contribution >= 0.6 is 0 Å². The van der Waals surface area contributed by atoms with E-state index < -0.39 is 0 Å². The normalized spacial score (nSPS) is 16.5. The van der Waals surface area contributed by atoms with Crippen LogP contribution in [-0.2, 0) is 17.7 Å². The van der Waals surface area contributed by atoms with Gasteiger partial charge >= 0.3 is 0 Å². The van der Waals surface area contributed by atoms with Crippen molar-refractivity contribution in [2.45, 2.75) is 40.0 Å². The van der Waals surface area contributed by atoms with Gasteiger partial charge in [-0.25, -0.2) is 4.39 Å². The van der Waals surface area contributed by atoms with E-state index >= 15 is 0 Å². The van der Waals surface area contributed by atoms with Gasteiger partial charge in [0.2, 0.25) is 0 Å². The number of aryl methyl sites for hydroxylation is 1. The quantitative estimate of drug-likeness (QED) is 0.617. The fraction of sp³-hybridized carbons (Fsp3) is 0.280. The van der Waals surface area contributed by atoms with E-state index in [2.05, 4.69) is 54.1 Å². The van der Waals surface area contributed by atoms with Crippen molar-refractivity contribution < 1.29 is 9.13 Å². The fourth-order valence-corrected chi connectivity index (χ4v) is 4.15. The van der Waals surface area contributed by atoms with Crippen LogP contribution < -0.4 is 5.32 Å². The molecule has 0 spiro atoms. The molecule has 1 aromatic heterocycles. The Morgan fingerprint density at radius 2 is 1.90 bits per heavy atom. The Hall–Kier alpha value is -2.85. The molecule has 1 unspecified atom stereocenters. The number of methoxy groups -OCH3 is 1. The van der Waals surface area contributed by atoms with Gasteiger partial charge in [0.15, 0.2) is 6.23 Å². The largest absolute Gasteiger partial charge is 0.360 e. The third-order valence-electron chi connectivity index (χ3n) is 5.76. The summed E-state index contributed by atoms with van der Waals surface area (Å²) in [4.78, 5) is 0. The number of nitrogens with zero attached hydrogens (tertiary/aromatic N) is 1. The molecule has 0 amide bonds. The lowest BCUT2D eigenvalue weighted by Gasteiger charge is -2.25. The van der Waals surface area contributed by atoms with Gasteiger partial charge in [-0.15, -0.1) is 0 Å². The van der Waals surface area contributed by atoms with E-state index in [9.17, 15) is 4.39 Å². The average molecular weight is 391 g/mol. The summed E-state index contributed by atoms with van der Waals surface area (Å²) < 4.78 is 22.3. The number of aromatic nitrogens is 1. The van der Waals surface area contributed by atoms with Crippen LogP contribution in [0.25, 0.3) is 16.5 Å². The Balaban J connectivity index is 1.94. The van der Waals surface area contributed by atoms with Crippen LogP contribution in [0, 0.1) is 12.7 Å². The molecule has 3 nitrogen and oxygen atoms in total. The number of ether oxygens (including phenoxy) is 1. The summed E-state index contributed by atoms with van der Waals surface area (Å²) in [7, 11) is 1.72.